The molecule has 0 aromatic heterocycles. The Hall–Kier alpha value is -4.49. The van der Waals surface area contributed by atoms with Crippen molar-refractivity contribution in [1.29, 1.82) is 0 Å². The molecule has 7 heteroatoms. The summed E-state index contributed by atoms with van der Waals surface area (Å²) in [7, 11) is 0. The molecule has 0 saturated carbocycles. The second-order valence-corrected chi connectivity index (χ2v) is 11.2. The van der Waals surface area contributed by atoms with E-state index in [0.29, 0.717) is 11.3 Å². The van der Waals surface area contributed by atoms with Crippen molar-refractivity contribution < 1.29 is 23.9 Å². The predicted octanol–water partition coefficient (Wildman–Crippen LogP) is 6.03. The first kappa shape index (κ1) is 25.8. The highest BCUT2D eigenvalue weighted by Crippen LogP contribution is 2.37. The van der Waals surface area contributed by atoms with E-state index in [1.807, 2.05) is 55.5 Å². The lowest BCUT2D eigenvalue weighted by atomic mass is 10.0. The zero-order chi connectivity index (χ0) is 27.8. The van der Waals surface area contributed by atoms with E-state index in [-0.39, 0.29) is 36.2 Å². The first-order valence-corrected chi connectivity index (χ1v) is 13.9. The minimum Gasteiger partial charge on any atom is -0.454 e. The Morgan fingerprint density at radius 3 is 2.33 bits per heavy atom. The normalized spacial score (nSPS) is 15.6. The zero-order valence-electron chi connectivity index (χ0n) is 21.8. The van der Waals surface area contributed by atoms with E-state index in [2.05, 4.69) is 12.1 Å². The van der Waals surface area contributed by atoms with Gasteiger partial charge in [-0.1, -0.05) is 54.1 Å². The molecule has 40 heavy (non-hydrogen) atoms. The molecule has 4 aromatic rings. The molecule has 0 radical (unpaired) electrons. The van der Waals surface area contributed by atoms with Crippen molar-refractivity contribution in [1.82, 2.24) is 0 Å². The number of carbonyl (C=O) groups excluding carboxylic acids is 4. The number of thioether (sulfide) groups is 1. The van der Waals surface area contributed by atoms with Crippen molar-refractivity contribution in [2.75, 3.05) is 11.5 Å². The highest BCUT2D eigenvalue weighted by molar-refractivity contribution is 8.00. The Bertz CT molecular complexity index is 1660. The summed E-state index contributed by atoms with van der Waals surface area (Å²) in [5, 5.41) is -0.501. The van der Waals surface area contributed by atoms with E-state index in [1.54, 1.807) is 18.2 Å². The fourth-order valence-electron chi connectivity index (χ4n) is 5.11. The van der Waals surface area contributed by atoms with Crippen molar-refractivity contribution in [2.24, 2.45) is 0 Å². The number of nitrogens with zero attached hydrogens (tertiary/aromatic N) is 1. The first-order chi connectivity index (χ1) is 19.4. The van der Waals surface area contributed by atoms with Crippen LogP contribution >= 0.6 is 11.8 Å². The van der Waals surface area contributed by atoms with Crippen LogP contribution in [0.25, 0.3) is 11.1 Å². The van der Waals surface area contributed by atoms with Crippen LogP contribution in [-0.2, 0) is 20.7 Å². The summed E-state index contributed by atoms with van der Waals surface area (Å²) < 4.78 is 5.29. The van der Waals surface area contributed by atoms with Crippen LogP contribution in [0.3, 0.4) is 0 Å². The molecule has 1 atom stereocenters. The number of amides is 2. The molecule has 2 aliphatic rings. The Morgan fingerprint density at radius 1 is 0.850 bits per heavy atom. The molecule has 2 amide bonds. The fourth-order valence-corrected chi connectivity index (χ4v) is 6.17. The van der Waals surface area contributed by atoms with Gasteiger partial charge in [-0.25, -0.2) is 9.69 Å². The van der Waals surface area contributed by atoms with Gasteiger partial charge >= 0.3 is 5.97 Å². The van der Waals surface area contributed by atoms with Crippen LogP contribution < -0.4 is 4.90 Å². The summed E-state index contributed by atoms with van der Waals surface area (Å²) in [6.45, 7) is 1.61. The molecule has 0 N–H and O–H groups in total. The van der Waals surface area contributed by atoms with E-state index in [0.717, 1.165) is 32.9 Å². The third-order valence-corrected chi connectivity index (χ3v) is 8.41. The lowest BCUT2D eigenvalue weighted by molar-refractivity contribution is -0.121. The number of aryl methyl sites for hydroxylation is 1. The van der Waals surface area contributed by atoms with Crippen molar-refractivity contribution in [3.63, 3.8) is 0 Å². The van der Waals surface area contributed by atoms with E-state index in [9.17, 15) is 19.2 Å². The summed E-state index contributed by atoms with van der Waals surface area (Å²) in [5.74, 6) is -1.50. The summed E-state index contributed by atoms with van der Waals surface area (Å²) in [6.07, 6.45) is 0.879. The van der Waals surface area contributed by atoms with Crippen LogP contribution in [0.15, 0.2) is 95.9 Å². The molecule has 1 heterocycles. The number of hydrogen-bond acceptors (Lipinski definition) is 6. The number of fused-ring (bicyclic) bond motifs is 3. The third-order valence-electron chi connectivity index (χ3n) is 7.22. The maximum Gasteiger partial charge on any atom is 0.338 e. The quantitative estimate of drug-likeness (QED) is 0.141. The minimum atomic E-state index is -0.652. The Labute approximate surface area is 236 Å². The fraction of sp³-hybridized carbons (Fsp3) is 0.152. The molecule has 198 valence electrons. The van der Waals surface area contributed by atoms with Gasteiger partial charge in [-0.3, -0.25) is 14.4 Å². The molecule has 1 aliphatic heterocycles. The van der Waals surface area contributed by atoms with Gasteiger partial charge in [0.1, 0.15) is 0 Å². The third kappa shape index (κ3) is 4.96. The number of benzene rings is 4. The average Bonchev–Trinajstić information content (AvgIpc) is 3.48. The van der Waals surface area contributed by atoms with E-state index >= 15 is 0 Å². The lowest BCUT2D eigenvalue weighted by Gasteiger charge is -2.15. The molecule has 6 rings (SSSR count). The number of anilines is 1. The van der Waals surface area contributed by atoms with Crippen molar-refractivity contribution in [3.8, 4) is 11.1 Å². The maximum absolute atomic E-state index is 13.0. The zero-order valence-corrected chi connectivity index (χ0v) is 22.6. The van der Waals surface area contributed by atoms with Gasteiger partial charge in [0.15, 0.2) is 12.4 Å². The van der Waals surface area contributed by atoms with Gasteiger partial charge in [0, 0.05) is 16.9 Å². The summed E-state index contributed by atoms with van der Waals surface area (Å²) in [4.78, 5) is 53.2. The Balaban J connectivity index is 1.07. The Kier molecular flexibility index (Phi) is 6.82. The van der Waals surface area contributed by atoms with Gasteiger partial charge < -0.3 is 4.74 Å². The molecule has 1 saturated heterocycles. The lowest BCUT2D eigenvalue weighted by Crippen LogP contribution is -2.31. The van der Waals surface area contributed by atoms with Crippen LogP contribution in [0.4, 0.5) is 5.69 Å². The molecule has 0 spiro atoms. The number of Topliss-reactive ketones (excluding diaryl/α,β-unsaturated/α-hetero) is 1. The number of carbonyl (C=O) groups is 4. The molecule has 1 unspecified atom stereocenters. The number of ether oxygens (including phenoxy) is 1. The molecule has 6 nitrogen and oxygen atoms in total. The van der Waals surface area contributed by atoms with Gasteiger partial charge in [0.25, 0.3) is 0 Å². The summed E-state index contributed by atoms with van der Waals surface area (Å²) >= 11 is 1.37. The monoisotopic (exact) mass is 547 g/mol. The van der Waals surface area contributed by atoms with E-state index in [4.69, 9.17) is 4.74 Å². The summed E-state index contributed by atoms with van der Waals surface area (Å²) in [6, 6.07) is 27.7. The molecular formula is C33H25NO5S. The largest absolute Gasteiger partial charge is 0.454 e. The highest BCUT2D eigenvalue weighted by Gasteiger charge is 2.40. The van der Waals surface area contributed by atoms with Gasteiger partial charge in [-0.05, 0) is 78.1 Å². The van der Waals surface area contributed by atoms with E-state index in [1.165, 1.54) is 35.0 Å². The van der Waals surface area contributed by atoms with Crippen molar-refractivity contribution in [2.45, 2.75) is 29.9 Å². The smallest absolute Gasteiger partial charge is 0.338 e. The van der Waals surface area contributed by atoms with Crippen molar-refractivity contribution in [3.05, 3.63) is 119 Å². The Morgan fingerprint density at radius 2 is 1.55 bits per heavy atom. The SMILES string of the molecule is Cc1ccc(SC2CC(=O)N(c3ccc(C(=O)OCC(=O)c4ccc5c(c4)Cc4ccccc4-5)cc3)C2=O)cc1. The molecular weight excluding hydrogens is 522 g/mol. The first-order valence-electron chi connectivity index (χ1n) is 13.0. The minimum absolute atomic E-state index is 0.109. The number of rotatable bonds is 7. The predicted molar refractivity (Wildman–Crippen MR) is 154 cm³/mol. The molecule has 1 aliphatic carbocycles. The topological polar surface area (TPSA) is 80.8 Å². The summed E-state index contributed by atoms with van der Waals surface area (Å²) in [5.41, 5.74) is 6.87. The van der Waals surface area contributed by atoms with Gasteiger partial charge in [0.2, 0.25) is 11.8 Å². The number of ketones is 1. The van der Waals surface area contributed by atoms with Gasteiger partial charge in [-0.2, -0.15) is 0 Å². The second kappa shape index (κ2) is 10.6. The van der Waals surface area contributed by atoms with Crippen LogP contribution in [0.5, 0.6) is 0 Å². The second-order valence-electron chi connectivity index (χ2n) is 9.94. The van der Waals surface area contributed by atoms with Crippen LogP contribution in [0.1, 0.15) is 43.8 Å². The van der Waals surface area contributed by atoms with Crippen molar-refractivity contribution >= 4 is 41.0 Å². The van der Waals surface area contributed by atoms with Crippen LogP contribution in [0, 0.1) is 6.92 Å². The number of hydrogen-bond donors (Lipinski definition) is 0. The van der Waals surface area contributed by atoms with Crippen LogP contribution in [0.2, 0.25) is 0 Å². The van der Waals surface area contributed by atoms with E-state index < -0.39 is 11.2 Å². The number of imide groups is 1. The van der Waals surface area contributed by atoms with Gasteiger partial charge in [0.05, 0.1) is 16.5 Å². The maximum atomic E-state index is 13.0. The standard InChI is InChI=1S/C33H25NO5S/c1-20-6-13-26(14-7-20)40-30-18-31(36)34(32(30)37)25-11-8-21(9-12-25)33(38)39-19-29(35)23-10-15-28-24(17-23)16-22-4-2-3-5-27(22)28/h2-15,17,30H,16,18-19H2,1H3. The average molecular weight is 548 g/mol. The molecule has 4 aromatic carbocycles. The molecule has 0 bridgehead atoms. The van der Waals surface area contributed by atoms with Crippen LogP contribution in [-0.4, -0.2) is 35.4 Å². The molecule has 1 fully saturated rings. The highest BCUT2D eigenvalue weighted by atomic mass is 32.2. The van der Waals surface area contributed by atoms with Gasteiger partial charge in [-0.15, -0.1) is 11.8 Å². The number of esters is 1.